The van der Waals surface area contributed by atoms with E-state index in [1.807, 2.05) is 36.7 Å². The molecule has 2 aromatic carbocycles. The minimum Gasteiger partial charge on any atom is -0.484 e. The standard InChI is InChI=1S/C30H36FN7O3Si/c1-20(2)33-28(39)18-41-24-8-6-7-21(16-24)29-35-30(26-11-12-27(31)38(26)36-29)34-23-9-10-25-22(15-23)17-32-37(25)19-40-13-14-42(3,4)5/h6-12,15-17,20H,13-14,18-19H2,1-5H3,(H,33,39)(H,34,35,36). The van der Waals surface area contributed by atoms with Gasteiger partial charge in [0.25, 0.3) is 5.91 Å². The summed E-state index contributed by atoms with van der Waals surface area (Å²) in [4.78, 5) is 16.7. The highest BCUT2D eigenvalue weighted by Gasteiger charge is 2.16. The maximum atomic E-state index is 14.7. The van der Waals surface area contributed by atoms with Gasteiger partial charge in [0, 0.05) is 37.4 Å². The number of aromatic nitrogens is 5. The number of benzene rings is 2. The number of hydrogen-bond acceptors (Lipinski definition) is 7. The van der Waals surface area contributed by atoms with Crippen molar-refractivity contribution in [3.05, 3.63) is 66.7 Å². The summed E-state index contributed by atoms with van der Waals surface area (Å²) in [5.41, 5.74) is 2.82. The van der Waals surface area contributed by atoms with Gasteiger partial charge >= 0.3 is 0 Å². The molecule has 0 aliphatic rings. The SMILES string of the molecule is CC(C)NC(=O)COc1cccc(-c2nc(Nc3ccc4c(cnn4COCC[Si](C)(C)C)c3)c3ccc(F)n3n2)c1. The van der Waals surface area contributed by atoms with Gasteiger partial charge in [-0.25, -0.2) is 14.2 Å². The van der Waals surface area contributed by atoms with Crippen molar-refractivity contribution in [1.29, 1.82) is 0 Å². The van der Waals surface area contributed by atoms with Crippen molar-refractivity contribution >= 4 is 41.9 Å². The number of fused-ring (bicyclic) bond motifs is 2. The van der Waals surface area contributed by atoms with Gasteiger partial charge in [0.1, 0.15) is 18.0 Å². The van der Waals surface area contributed by atoms with Crippen LogP contribution in [0, 0.1) is 5.95 Å². The summed E-state index contributed by atoms with van der Waals surface area (Å²) < 4.78 is 29.3. The summed E-state index contributed by atoms with van der Waals surface area (Å²) in [6.45, 7) is 11.7. The summed E-state index contributed by atoms with van der Waals surface area (Å²) in [6, 6.07) is 17.0. The third kappa shape index (κ3) is 7.12. The Labute approximate surface area is 244 Å². The van der Waals surface area contributed by atoms with E-state index in [1.54, 1.807) is 36.5 Å². The molecule has 0 saturated heterocycles. The van der Waals surface area contributed by atoms with Gasteiger partial charge in [-0.3, -0.25) is 4.79 Å². The van der Waals surface area contributed by atoms with Gasteiger partial charge in [0.15, 0.2) is 18.2 Å². The van der Waals surface area contributed by atoms with Crippen LogP contribution in [0.4, 0.5) is 15.9 Å². The second kappa shape index (κ2) is 12.3. The van der Waals surface area contributed by atoms with Gasteiger partial charge in [-0.05, 0) is 62.4 Å². The molecule has 2 N–H and O–H groups in total. The second-order valence-corrected chi connectivity index (χ2v) is 17.3. The Kier molecular flexibility index (Phi) is 8.55. The number of halogens is 1. The van der Waals surface area contributed by atoms with E-state index in [0.29, 0.717) is 35.2 Å². The molecule has 3 aromatic heterocycles. The van der Waals surface area contributed by atoms with Crippen LogP contribution in [0.25, 0.3) is 27.8 Å². The molecule has 3 heterocycles. The van der Waals surface area contributed by atoms with Gasteiger partial charge in [-0.15, -0.1) is 5.10 Å². The highest BCUT2D eigenvalue weighted by molar-refractivity contribution is 6.76. The predicted molar refractivity (Wildman–Crippen MR) is 164 cm³/mol. The first-order chi connectivity index (χ1) is 20.1. The van der Waals surface area contributed by atoms with Crippen LogP contribution in [-0.2, 0) is 16.3 Å². The van der Waals surface area contributed by atoms with E-state index >= 15 is 0 Å². The molecule has 5 aromatic rings. The average Bonchev–Trinajstić information content (AvgIpc) is 3.52. The fraction of sp³-hybridized carbons (Fsp3) is 0.333. The smallest absolute Gasteiger partial charge is 0.258 e. The van der Waals surface area contributed by atoms with Gasteiger partial charge in [-0.1, -0.05) is 31.8 Å². The molecule has 0 spiro atoms. The first-order valence-corrected chi connectivity index (χ1v) is 17.6. The number of nitrogens with zero attached hydrogens (tertiary/aromatic N) is 5. The van der Waals surface area contributed by atoms with Crippen molar-refractivity contribution in [3.63, 3.8) is 0 Å². The normalized spacial score (nSPS) is 11.9. The van der Waals surface area contributed by atoms with Crippen LogP contribution in [0.3, 0.4) is 0 Å². The molecule has 0 fully saturated rings. The Morgan fingerprint density at radius 1 is 1.07 bits per heavy atom. The first kappa shape index (κ1) is 29.2. The van der Waals surface area contributed by atoms with Crippen LogP contribution in [0.1, 0.15) is 13.8 Å². The molecule has 0 bridgehead atoms. The second-order valence-electron chi connectivity index (χ2n) is 11.7. The van der Waals surface area contributed by atoms with Crippen molar-refractivity contribution in [2.45, 2.75) is 52.3 Å². The highest BCUT2D eigenvalue weighted by atomic mass is 28.3. The molecule has 42 heavy (non-hydrogen) atoms. The van der Waals surface area contributed by atoms with Gasteiger partial charge < -0.3 is 20.1 Å². The van der Waals surface area contributed by atoms with Crippen LogP contribution < -0.4 is 15.4 Å². The fourth-order valence-corrected chi connectivity index (χ4v) is 5.11. The number of amides is 1. The van der Waals surface area contributed by atoms with E-state index in [1.165, 1.54) is 10.6 Å². The van der Waals surface area contributed by atoms with Crippen LogP contribution in [-0.4, -0.2) is 57.6 Å². The summed E-state index contributed by atoms with van der Waals surface area (Å²) >= 11 is 0. The number of carbonyl (C=O) groups excluding carboxylic acids is 1. The predicted octanol–water partition coefficient (Wildman–Crippen LogP) is 5.84. The Morgan fingerprint density at radius 3 is 2.67 bits per heavy atom. The molecule has 12 heteroatoms. The van der Waals surface area contributed by atoms with E-state index in [2.05, 4.69) is 40.5 Å². The third-order valence-corrected chi connectivity index (χ3v) is 8.19. The monoisotopic (exact) mass is 589 g/mol. The van der Waals surface area contributed by atoms with Crippen molar-refractivity contribution < 1.29 is 18.7 Å². The van der Waals surface area contributed by atoms with Gasteiger partial charge in [0.2, 0.25) is 5.95 Å². The minimum absolute atomic E-state index is 0.0190. The molecule has 0 unspecified atom stereocenters. The molecule has 10 nitrogen and oxygen atoms in total. The number of rotatable bonds is 12. The third-order valence-electron chi connectivity index (χ3n) is 6.49. The molecule has 220 valence electrons. The van der Waals surface area contributed by atoms with Crippen molar-refractivity contribution in [3.8, 4) is 17.1 Å². The lowest BCUT2D eigenvalue weighted by molar-refractivity contribution is -0.123. The molecule has 5 rings (SSSR count). The Balaban J connectivity index is 1.36. The first-order valence-electron chi connectivity index (χ1n) is 13.9. The van der Waals surface area contributed by atoms with Gasteiger partial charge in [0.05, 0.1) is 11.7 Å². The number of anilines is 2. The largest absolute Gasteiger partial charge is 0.484 e. The Morgan fingerprint density at radius 2 is 1.88 bits per heavy atom. The summed E-state index contributed by atoms with van der Waals surface area (Å²) in [7, 11) is -1.16. The molecule has 1 amide bonds. The molecule has 0 atom stereocenters. The highest BCUT2D eigenvalue weighted by Crippen LogP contribution is 2.28. The number of carbonyl (C=O) groups is 1. The number of hydrogen-bond donors (Lipinski definition) is 2. The van der Waals surface area contributed by atoms with Crippen LogP contribution >= 0.6 is 0 Å². The fourth-order valence-electron chi connectivity index (χ4n) is 4.35. The summed E-state index contributed by atoms with van der Waals surface area (Å²) in [5, 5.41) is 16.0. The summed E-state index contributed by atoms with van der Waals surface area (Å²) in [5.74, 6) is 0.477. The lowest BCUT2D eigenvalue weighted by Crippen LogP contribution is -2.34. The number of nitrogens with one attached hydrogen (secondary N) is 2. The van der Waals surface area contributed by atoms with Crippen LogP contribution in [0.15, 0.2) is 60.8 Å². The maximum absolute atomic E-state index is 14.7. The zero-order valence-electron chi connectivity index (χ0n) is 24.5. The minimum atomic E-state index is -1.16. The molecular weight excluding hydrogens is 553 g/mol. The Hall–Kier alpha value is -4.29. The van der Waals surface area contributed by atoms with E-state index in [9.17, 15) is 9.18 Å². The molecule has 0 aliphatic heterocycles. The lowest BCUT2D eigenvalue weighted by Gasteiger charge is -2.15. The summed E-state index contributed by atoms with van der Waals surface area (Å²) in [6.07, 6.45) is 1.80. The average molecular weight is 590 g/mol. The quantitative estimate of drug-likeness (QED) is 0.139. The van der Waals surface area contributed by atoms with E-state index in [4.69, 9.17) is 14.5 Å². The van der Waals surface area contributed by atoms with Gasteiger partial charge in [-0.2, -0.15) is 9.49 Å². The van der Waals surface area contributed by atoms with E-state index < -0.39 is 14.0 Å². The van der Waals surface area contributed by atoms with Crippen molar-refractivity contribution in [2.24, 2.45) is 0 Å². The number of ether oxygens (including phenoxy) is 2. The van der Waals surface area contributed by atoms with E-state index in [-0.39, 0.29) is 18.6 Å². The van der Waals surface area contributed by atoms with Crippen molar-refractivity contribution in [1.82, 2.24) is 29.7 Å². The molecule has 0 radical (unpaired) electrons. The molecular formula is C30H36FN7O3Si. The topological polar surface area (TPSA) is 108 Å². The zero-order chi connectivity index (χ0) is 29.9. The maximum Gasteiger partial charge on any atom is 0.258 e. The van der Waals surface area contributed by atoms with Crippen LogP contribution in [0.2, 0.25) is 25.7 Å². The molecule has 0 aliphatic carbocycles. The molecule has 0 saturated carbocycles. The Bertz CT molecular complexity index is 1710. The zero-order valence-corrected chi connectivity index (χ0v) is 25.5. The van der Waals surface area contributed by atoms with Crippen molar-refractivity contribution in [2.75, 3.05) is 18.5 Å². The van der Waals surface area contributed by atoms with Crippen LogP contribution in [0.5, 0.6) is 5.75 Å². The lowest BCUT2D eigenvalue weighted by atomic mass is 10.2. The van der Waals surface area contributed by atoms with E-state index in [0.717, 1.165) is 29.2 Å².